The van der Waals surface area contributed by atoms with Crippen molar-refractivity contribution in [2.75, 3.05) is 12.4 Å². The number of carbonyl (C=O) groups is 2. The highest BCUT2D eigenvalue weighted by atomic mass is 35.5. The van der Waals surface area contributed by atoms with Crippen molar-refractivity contribution in [1.29, 1.82) is 0 Å². The van der Waals surface area contributed by atoms with Gasteiger partial charge in [0, 0.05) is 22.2 Å². The summed E-state index contributed by atoms with van der Waals surface area (Å²) < 4.78 is 6.16. The van der Waals surface area contributed by atoms with Crippen molar-refractivity contribution in [3.05, 3.63) is 70.4 Å². The Labute approximate surface area is 189 Å². The van der Waals surface area contributed by atoms with Crippen LogP contribution in [0.15, 0.2) is 48.5 Å². The molecule has 4 aromatic rings. The average Bonchev–Trinajstić information content (AvgIpc) is 3.33. The molecule has 2 aromatic heterocycles. The highest BCUT2D eigenvalue weighted by molar-refractivity contribution is 6.34. The van der Waals surface area contributed by atoms with Gasteiger partial charge in [-0.25, -0.2) is 4.79 Å². The number of esters is 1. The van der Waals surface area contributed by atoms with E-state index in [2.05, 4.69) is 25.2 Å². The second kappa shape index (κ2) is 8.12. The summed E-state index contributed by atoms with van der Waals surface area (Å²) in [5.74, 6) is -0.178. The van der Waals surface area contributed by atoms with E-state index in [0.29, 0.717) is 33.3 Å². The molecule has 8 nitrogen and oxygen atoms in total. The van der Waals surface area contributed by atoms with Crippen LogP contribution in [0.1, 0.15) is 47.2 Å². The largest absolute Gasteiger partial charge is 0.465 e. The predicted octanol–water partition coefficient (Wildman–Crippen LogP) is 4.71. The molecule has 2 N–H and O–H groups in total. The number of hydrogen-bond donors (Lipinski definition) is 2. The van der Waals surface area contributed by atoms with Gasteiger partial charge < -0.3 is 15.0 Å². The Morgan fingerprint density at radius 1 is 1.06 bits per heavy atom. The van der Waals surface area contributed by atoms with Gasteiger partial charge >= 0.3 is 5.97 Å². The van der Waals surface area contributed by atoms with Crippen LogP contribution in [0.2, 0.25) is 5.02 Å². The molecule has 0 fully saturated rings. The first-order valence-corrected chi connectivity index (χ1v) is 10.3. The Kier molecular flexibility index (Phi) is 5.48. The van der Waals surface area contributed by atoms with Crippen molar-refractivity contribution >= 4 is 34.8 Å². The van der Waals surface area contributed by atoms with Gasteiger partial charge in [0.05, 0.1) is 18.4 Å². The van der Waals surface area contributed by atoms with Crippen molar-refractivity contribution in [3.63, 3.8) is 0 Å². The molecule has 0 bridgehead atoms. The molecule has 0 atom stereocenters. The molecular formula is C23H22ClN5O3. The van der Waals surface area contributed by atoms with Crippen LogP contribution in [0.3, 0.4) is 0 Å². The van der Waals surface area contributed by atoms with Gasteiger partial charge in [-0.1, -0.05) is 44.5 Å². The summed E-state index contributed by atoms with van der Waals surface area (Å²) in [7, 11) is 1.31. The van der Waals surface area contributed by atoms with Gasteiger partial charge in [0.15, 0.2) is 11.5 Å². The van der Waals surface area contributed by atoms with Gasteiger partial charge in [-0.3, -0.25) is 4.79 Å². The first-order chi connectivity index (χ1) is 15.2. The number of amides is 1. The van der Waals surface area contributed by atoms with Crippen molar-refractivity contribution in [1.82, 2.24) is 19.8 Å². The van der Waals surface area contributed by atoms with E-state index in [9.17, 15) is 9.59 Å². The van der Waals surface area contributed by atoms with E-state index in [1.807, 2.05) is 32.9 Å². The Bertz CT molecular complexity index is 1320. The van der Waals surface area contributed by atoms with Crippen LogP contribution in [0.25, 0.3) is 17.0 Å². The first kappa shape index (κ1) is 21.6. The number of carbonyl (C=O) groups excluding carboxylic acids is 2. The molecule has 0 unspecified atom stereocenters. The normalized spacial score (nSPS) is 11.5. The van der Waals surface area contributed by atoms with E-state index in [4.69, 9.17) is 11.6 Å². The molecule has 2 heterocycles. The first-order valence-electron chi connectivity index (χ1n) is 9.92. The number of aromatic amines is 1. The molecule has 1 amide bonds. The summed E-state index contributed by atoms with van der Waals surface area (Å²) in [6.45, 7) is 6.12. The van der Waals surface area contributed by atoms with Crippen LogP contribution in [0, 0.1) is 0 Å². The van der Waals surface area contributed by atoms with E-state index >= 15 is 0 Å². The van der Waals surface area contributed by atoms with Gasteiger partial charge in [-0.05, 0) is 36.4 Å². The SMILES string of the molecule is COC(=O)c1ccc(C(=O)Nc2cccc(-c3nn4nc(C(C)(C)C)c(Cl)c4[nH]3)c2)cc1. The number of ether oxygens (including phenoxy) is 1. The third kappa shape index (κ3) is 4.09. The Hall–Kier alpha value is -3.65. The standard InChI is InChI=1S/C23H22ClN5O3/c1-23(2,3)18-17(24)20-26-19(28-29(20)27-18)15-6-5-7-16(12-15)25-21(30)13-8-10-14(11-9-13)22(31)32-4/h5-12H,1-4H3,(H,25,30)(H,26,28). The third-order valence-electron chi connectivity index (χ3n) is 4.91. The summed E-state index contributed by atoms with van der Waals surface area (Å²) in [5.41, 5.74) is 3.34. The molecule has 164 valence electrons. The number of benzene rings is 2. The fraction of sp³-hybridized carbons (Fsp3) is 0.217. The monoisotopic (exact) mass is 451 g/mol. The van der Waals surface area contributed by atoms with Gasteiger partial charge in [0.1, 0.15) is 5.02 Å². The van der Waals surface area contributed by atoms with Crippen LogP contribution in [0.4, 0.5) is 5.69 Å². The van der Waals surface area contributed by atoms with Crippen molar-refractivity contribution in [2.45, 2.75) is 26.2 Å². The van der Waals surface area contributed by atoms with E-state index < -0.39 is 5.97 Å². The minimum absolute atomic E-state index is 0.203. The summed E-state index contributed by atoms with van der Waals surface area (Å²) in [6, 6.07) is 13.5. The maximum absolute atomic E-state index is 12.6. The lowest BCUT2D eigenvalue weighted by Gasteiger charge is -2.14. The smallest absolute Gasteiger partial charge is 0.337 e. The number of fused-ring (bicyclic) bond motifs is 1. The van der Waals surface area contributed by atoms with Crippen molar-refractivity contribution in [3.8, 4) is 11.4 Å². The van der Waals surface area contributed by atoms with Crippen molar-refractivity contribution < 1.29 is 14.3 Å². The van der Waals surface area contributed by atoms with Crippen LogP contribution >= 0.6 is 11.6 Å². The molecule has 4 rings (SSSR count). The zero-order valence-corrected chi connectivity index (χ0v) is 18.8. The molecule has 0 saturated heterocycles. The molecule has 9 heteroatoms. The fourth-order valence-electron chi connectivity index (χ4n) is 3.23. The highest BCUT2D eigenvalue weighted by Crippen LogP contribution is 2.32. The van der Waals surface area contributed by atoms with Crippen LogP contribution in [-0.4, -0.2) is 38.8 Å². The number of rotatable bonds is 4. The van der Waals surface area contributed by atoms with E-state index in [0.717, 1.165) is 11.3 Å². The quantitative estimate of drug-likeness (QED) is 0.437. The number of nitrogens with zero attached hydrogens (tertiary/aromatic N) is 3. The minimum Gasteiger partial charge on any atom is -0.465 e. The Balaban J connectivity index is 1.56. The fourth-order valence-corrected chi connectivity index (χ4v) is 3.67. The maximum Gasteiger partial charge on any atom is 0.337 e. The van der Waals surface area contributed by atoms with E-state index in [1.165, 1.54) is 11.7 Å². The number of H-pyrrole nitrogens is 1. The van der Waals surface area contributed by atoms with Gasteiger partial charge in [0.25, 0.3) is 5.91 Å². The van der Waals surface area contributed by atoms with Gasteiger partial charge in [-0.15, -0.1) is 9.73 Å². The van der Waals surface area contributed by atoms with E-state index in [1.54, 1.807) is 36.4 Å². The highest BCUT2D eigenvalue weighted by Gasteiger charge is 2.25. The number of methoxy groups -OCH3 is 1. The molecule has 0 aliphatic heterocycles. The number of anilines is 1. The Morgan fingerprint density at radius 2 is 1.75 bits per heavy atom. The third-order valence-corrected chi connectivity index (χ3v) is 5.27. The molecule has 0 saturated carbocycles. The lowest BCUT2D eigenvalue weighted by atomic mass is 9.92. The number of aromatic nitrogens is 4. The summed E-state index contributed by atoms with van der Waals surface area (Å²) >= 11 is 6.51. The van der Waals surface area contributed by atoms with Gasteiger partial charge in [-0.2, -0.15) is 5.10 Å². The molecule has 0 spiro atoms. The molecule has 0 aliphatic rings. The number of halogens is 1. The Morgan fingerprint density at radius 3 is 2.38 bits per heavy atom. The second-order valence-electron chi connectivity index (χ2n) is 8.33. The molecular weight excluding hydrogens is 430 g/mol. The van der Waals surface area contributed by atoms with Crippen LogP contribution in [0.5, 0.6) is 0 Å². The molecule has 0 aliphatic carbocycles. The summed E-state index contributed by atoms with van der Waals surface area (Å²) in [6.07, 6.45) is 0. The zero-order chi connectivity index (χ0) is 23.0. The zero-order valence-electron chi connectivity index (χ0n) is 18.1. The van der Waals surface area contributed by atoms with Crippen LogP contribution < -0.4 is 5.32 Å². The molecule has 32 heavy (non-hydrogen) atoms. The summed E-state index contributed by atoms with van der Waals surface area (Å²) in [5, 5.41) is 12.4. The number of nitrogens with one attached hydrogen (secondary N) is 2. The second-order valence-corrected chi connectivity index (χ2v) is 8.71. The minimum atomic E-state index is -0.454. The van der Waals surface area contributed by atoms with E-state index in [-0.39, 0.29) is 11.3 Å². The maximum atomic E-state index is 12.6. The average molecular weight is 452 g/mol. The molecule has 2 aromatic carbocycles. The lowest BCUT2D eigenvalue weighted by molar-refractivity contribution is 0.0600. The topological polar surface area (TPSA) is 101 Å². The lowest BCUT2D eigenvalue weighted by Crippen LogP contribution is -2.13. The van der Waals surface area contributed by atoms with Crippen molar-refractivity contribution in [2.24, 2.45) is 0 Å². The summed E-state index contributed by atoms with van der Waals surface area (Å²) in [4.78, 5) is 27.4. The predicted molar refractivity (Wildman–Crippen MR) is 122 cm³/mol. The van der Waals surface area contributed by atoms with Crippen LogP contribution in [-0.2, 0) is 10.2 Å². The molecule has 0 radical (unpaired) electrons. The number of hydrogen-bond acceptors (Lipinski definition) is 5. The van der Waals surface area contributed by atoms with Gasteiger partial charge in [0.2, 0.25) is 0 Å².